The predicted molar refractivity (Wildman–Crippen MR) is 79.7 cm³/mol. The second-order valence-corrected chi connectivity index (χ2v) is 5.20. The number of rotatable bonds is 6. The topological polar surface area (TPSA) is 46.9 Å². The smallest absolute Gasteiger partial charge is 0.222 e. The highest BCUT2D eigenvalue weighted by atomic mass is 35.5. The van der Waals surface area contributed by atoms with E-state index in [1.54, 1.807) is 10.9 Å². The summed E-state index contributed by atoms with van der Waals surface area (Å²) in [6, 6.07) is 9.59. The highest BCUT2D eigenvalue weighted by Crippen LogP contribution is 2.10. The number of carbonyl (C=O) groups is 1. The van der Waals surface area contributed by atoms with Gasteiger partial charge in [0.15, 0.2) is 0 Å². The standard InChI is InChI=1S/C15H18ClN3O/c1-12(19-10-2-8-18-19)11-15(20)17-9-7-13-3-5-14(16)6-4-13/h2-6,8,10,12H,7,9,11H2,1H3,(H,17,20)/t12-/m1/s1. The number of carbonyl (C=O) groups excluding carboxylic acids is 1. The van der Waals surface area contributed by atoms with Gasteiger partial charge in [0.25, 0.3) is 0 Å². The largest absolute Gasteiger partial charge is 0.356 e. The number of halogens is 1. The van der Waals surface area contributed by atoms with Crippen molar-refractivity contribution in [1.82, 2.24) is 15.1 Å². The van der Waals surface area contributed by atoms with Crippen molar-refractivity contribution >= 4 is 17.5 Å². The van der Waals surface area contributed by atoms with E-state index >= 15 is 0 Å². The molecule has 0 fully saturated rings. The predicted octanol–water partition coefficient (Wildman–Crippen LogP) is 2.85. The molecule has 1 heterocycles. The zero-order valence-corrected chi connectivity index (χ0v) is 12.2. The fourth-order valence-electron chi connectivity index (χ4n) is 1.97. The Morgan fingerprint density at radius 2 is 2.15 bits per heavy atom. The van der Waals surface area contributed by atoms with Crippen molar-refractivity contribution in [2.45, 2.75) is 25.8 Å². The van der Waals surface area contributed by atoms with Gasteiger partial charge in [-0.15, -0.1) is 0 Å². The van der Waals surface area contributed by atoms with Gasteiger partial charge in [-0.3, -0.25) is 9.48 Å². The lowest BCUT2D eigenvalue weighted by molar-refractivity contribution is -0.121. The van der Waals surface area contributed by atoms with Crippen LogP contribution in [0.15, 0.2) is 42.7 Å². The maximum absolute atomic E-state index is 11.8. The van der Waals surface area contributed by atoms with Crippen LogP contribution in [0, 0.1) is 0 Å². The molecule has 1 atom stereocenters. The third-order valence-electron chi connectivity index (χ3n) is 3.11. The van der Waals surface area contributed by atoms with Crippen molar-refractivity contribution in [2.24, 2.45) is 0 Å². The molecule has 1 amide bonds. The number of benzene rings is 1. The summed E-state index contributed by atoms with van der Waals surface area (Å²) in [5.74, 6) is 0.0435. The van der Waals surface area contributed by atoms with Crippen molar-refractivity contribution in [1.29, 1.82) is 0 Å². The summed E-state index contributed by atoms with van der Waals surface area (Å²) in [6.45, 7) is 2.61. The van der Waals surface area contributed by atoms with Gasteiger partial charge in [-0.2, -0.15) is 5.10 Å². The number of nitrogens with one attached hydrogen (secondary N) is 1. The van der Waals surface area contributed by atoms with Crippen molar-refractivity contribution in [3.63, 3.8) is 0 Å². The van der Waals surface area contributed by atoms with Gasteiger partial charge in [0.1, 0.15) is 0 Å². The van der Waals surface area contributed by atoms with Crippen LogP contribution in [0.3, 0.4) is 0 Å². The Balaban J connectivity index is 1.71. The van der Waals surface area contributed by atoms with Gasteiger partial charge in [0.2, 0.25) is 5.91 Å². The van der Waals surface area contributed by atoms with Crippen molar-refractivity contribution in [2.75, 3.05) is 6.54 Å². The highest BCUT2D eigenvalue weighted by molar-refractivity contribution is 6.30. The van der Waals surface area contributed by atoms with E-state index < -0.39 is 0 Å². The van der Waals surface area contributed by atoms with Crippen molar-refractivity contribution in [3.8, 4) is 0 Å². The van der Waals surface area contributed by atoms with Gasteiger partial charge in [0.05, 0.1) is 6.04 Å². The minimum Gasteiger partial charge on any atom is -0.356 e. The zero-order valence-electron chi connectivity index (χ0n) is 11.4. The van der Waals surface area contributed by atoms with Gasteiger partial charge >= 0.3 is 0 Å². The molecule has 0 aliphatic rings. The number of hydrogen-bond acceptors (Lipinski definition) is 2. The van der Waals surface area contributed by atoms with Gasteiger partial charge in [0, 0.05) is 30.4 Å². The summed E-state index contributed by atoms with van der Waals surface area (Å²) >= 11 is 5.82. The molecule has 2 aromatic rings. The summed E-state index contributed by atoms with van der Waals surface area (Å²) in [5.41, 5.74) is 1.16. The number of amides is 1. The molecule has 5 heteroatoms. The van der Waals surface area contributed by atoms with E-state index in [0.29, 0.717) is 13.0 Å². The number of aromatic nitrogens is 2. The van der Waals surface area contributed by atoms with Gasteiger partial charge in [-0.25, -0.2) is 0 Å². The molecule has 20 heavy (non-hydrogen) atoms. The van der Waals surface area contributed by atoms with E-state index in [1.807, 2.05) is 43.5 Å². The summed E-state index contributed by atoms with van der Waals surface area (Å²) in [6.07, 6.45) is 4.82. The van der Waals surface area contributed by atoms with Crippen molar-refractivity contribution in [3.05, 3.63) is 53.3 Å². The molecule has 1 aromatic heterocycles. The molecule has 2 rings (SSSR count). The maximum atomic E-state index is 11.8. The first-order valence-electron chi connectivity index (χ1n) is 6.65. The van der Waals surface area contributed by atoms with Gasteiger partial charge in [-0.05, 0) is 37.1 Å². The second kappa shape index (κ2) is 7.10. The van der Waals surface area contributed by atoms with Crippen LogP contribution in [0.25, 0.3) is 0 Å². The Morgan fingerprint density at radius 1 is 1.40 bits per heavy atom. The van der Waals surface area contributed by atoms with Crippen LogP contribution in [0.4, 0.5) is 0 Å². The molecule has 0 aliphatic carbocycles. The normalized spacial score (nSPS) is 12.1. The molecule has 0 bridgehead atoms. The van der Waals surface area contributed by atoms with E-state index in [-0.39, 0.29) is 11.9 Å². The fourth-order valence-corrected chi connectivity index (χ4v) is 2.10. The van der Waals surface area contributed by atoms with Gasteiger partial charge in [-0.1, -0.05) is 23.7 Å². The Bertz CT molecular complexity index is 537. The first-order valence-corrected chi connectivity index (χ1v) is 7.03. The van der Waals surface area contributed by atoms with Crippen LogP contribution in [0.1, 0.15) is 24.9 Å². The Labute approximate surface area is 123 Å². The lowest BCUT2D eigenvalue weighted by Crippen LogP contribution is -2.27. The molecule has 0 aliphatic heterocycles. The van der Waals surface area contributed by atoms with E-state index in [4.69, 9.17) is 11.6 Å². The average molecular weight is 292 g/mol. The minimum atomic E-state index is 0.0435. The lowest BCUT2D eigenvalue weighted by Gasteiger charge is -2.12. The quantitative estimate of drug-likeness (QED) is 0.889. The zero-order chi connectivity index (χ0) is 14.4. The first-order chi connectivity index (χ1) is 9.65. The van der Waals surface area contributed by atoms with Gasteiger partial charge < -0.3 is 5.32 Å². The molecule has 1 N–H and O–H groups in total. The Kier molecular flexibility index (Phi) is 5.18. The highest BCUT2D eigenvalue weighted by Gasteiger charge is 2.10. The summed E-state index contributed by atoms with van der Waals surface area (Å²) in [4.78, 5) is 11.8. The number of nitrogens with zero attached hydrogens (tertiary/aromatic N) is 2. The average Bonchev–Trinajstić information content (AvgIpc) is 2.95. The van der Waals surface area contributed by atoms with Crippen LogP contribution in [0.5, 0.6) is 0 Å². The third-order valence-corrected chi connectivity index (χ3v) is 3.36. The lowest BCUT2D eigenvalue weighted by atomic mass is 10.1. The molecule has 0 saturated carbocycles. The van der Waals surface area contributed by atoms with Crippen LogP contribution in [-0.2, 0) is 11.2 Å². The summed E-state index contributed by atoms with van der Waals surface area (Å²) < 4.78 is 1.79. The van der Waals surface area contributed by atoms with Crippen LogP contribution in [0.2, 0.25) is 5.02 Å². The molecular formula is C15H18ClN3O. The monoisotopic (exact) mass is 291 g/mol. The van der Waals surface area contributed by atoms with E-state index in [1.165, 1.54) is 0 Å². The molecule has 0 spiro atoms. The summed E-state index contributed by atoms with van der Waals surface area (Å²) in [7, 11) is 0. The molecule has 0 unspecified atom stereocenters. The van der Waals surface area contributed by atoms with E-state index in [2.05, 4.69) is 10.4 Å². The first kappa shape index (κ1) is 14.6. The SMILES string of the molecule is C[C@H](CC(=O)NCCc1ccc(Cl)cc1)n1cccn1. The minimum absolute atomic E-state index is 0.0435. The van der Waals surface area contributed by atoms with E-state index in [9.17, 15) is 4.79 Å². The summed E-state index contributed by atoms with van der Waals surface area (Å²) in [5, 5.41) is 7.78. The third kappa shape index (κ3) is 4.38. The van der Waals surface area contributed by atoms with Crippen LogP contribution < -0.4 is 5.32 Å². The second-order valence-electron chi connectivity index (χ2n) is 4.77. The number of hydrogen-bond donors (Lipinski definition) is 1. The van der Waals surface area contributed by atoms with Crippen molar-refractivity contribution < 1.29 is 4.79 Å². The molecule has 0 radical (unpaired) electrons. The molecule has 106 valence electrons. The Morgan fingerprint density at radius 3 is 2.80 bits per heavy atom. The fraction of sp³-hybridized carbons (Fsp3) is 0.333. The Hall–Kier alpha value is -1.81. The van der Waals surface area contributed by atoms with Crippen LogP contribution >= 0.6 is 11.6 Å². The molecule has 4 nitrogen and oxygen atoms in total. The molecular weight excluding hydrogens is 274 g/mol. The van der Waals surface area contributed by atoms with E-state index in [0.717, 1.165) is 17.0 Å². The molecule has 1 aromatic carbocycles. The van der Waals surface area contributed by atoms with Crippen LogP contribution in [-0.4, -0.2) is 22.2 Å². The maximum Gasteiger partial charge on any atom is 0.222 e. The molecule has 0 saturated heterocycles.